The maximum atomic E-state index is 12.5. The van der Waals surface area contributed by atoms with Crippen LogP contribution in [0.1, 0.15) is 36.5 Å². The number of hydrogen-bond acceptors (Lipinski definition) is 5. The topological polar surface area (TPSA) is 93.2 Å². The number of hydrogen-bond donors (Lipinski definition) is 0. The van der Waals surface area contributed by atoms with Crippen molar-refractivity contribution in [3.63, 3.8) is 0 Å². The molecule has 1 unspecified atom stereocenters. The molecule has 24 heavy (non-hydrogen) atoms. The third kappa shape index (κ3) is 3.76. The number of nitriles is 1. The molecule has 2 aromatic rings. The number of rotatable bonds is 5. The predicted molar refractivity (Wildman–Crippen MR) is 87.3 cm³/mol. The monoisotopic (exact) mass is 324 g/mol. The van der Waals surface area contributed by atoms with Crippen LogP contribution in [0, 0.1) is 21.4 Å². The molecular weight excluding hydrogens is 308 g/mol. The molecule has 0 amide bonds. The predicted octanol–water partition coefficient (Wildman–Crippen LogP) is 3.55. The van der Waals surface area contributed by atoms with Crippen molar-refractivity contribution in [2.45, 2.75) is 25.9 Å². The molecule has 2 rings (SSSR count). The number of nitro benzene ring substituents is 1. The Morgan fingerprint density at radius 2 is 1.83 bits per heavy atom. The first-order valence-corrected chi connectivity index (χ1v) is 7.38. The van der Waals surface area contributed by atoms with Crippen LogP contribution in [0.3, 0.4) is 0 Å². The summed E-state index contributed by atoms with van der Waals surface area (Å²) in [7, 11) is 0. The maximum Gasteiger partial charge on any atom is 0.318 e. The van der Waals surface area contributed by atoms with Crippen LogP contribution in [0.25, 0.3) is 0 Å². The van der Waals surface area contributed by atoms with Crippen LogP contribution in [0.5, 0.6) is 0 Å². The lowest BCUT2D eigenvalue weighted by molar-refractivity contribution is -0.385. The standard InChI is InChI=1S/C18H16N2O4/c1-12(2)24-18(21)17(13-6-4-3-5-7-13)14-8-9-16(20(22)23)15(10-14)11-19/h3-10,12,17H,1-2H3. The van der Waals surface area contributed by atoms with Gasteiger partial charge in [0, 0.05) is 6.07 Å². The molecule has 0 bridgehead atoms. The molecule has 1 atom stereocenters. The van der Waals surface area contributed by atoms with E-state index in [0.717, 1.165) is 0 Å². The molecule has 0 fully saturated rings. The largest absolute Gasteiger partial charge is 0.462 e. The van der Waals surface area contributed by atoms with Gasteiger partial charge in [0.1, 0.15) is 17.6 Å². The van der Waals surface area contributed by atoms with Gasteiger partial charge < -0.3 is 4.74 Å². The molecule has 2 aromatic carbocycles. The molecule has 0 aliphatic heterocycles. The highest BCUT2D eigenvalue weighted by Crippen LogP contribution is 2.30. The minimum absolute atomic E-state index is 0.0872. The lowest BCUT2D eigenvalue weighted by atomic mass is 9.90. The number of benzene rings is 2. The zero-order chi connectivity index (χ0) is 17.7. The molecule has 0 saturated carbocycles. The van der Waals surface area contributed by atoms with Crippen molar-refractivity contribution in [2.75, 3.05) is 0 Å². The smallest absolute Gasteiger partial charge is 0.318 e. The number of carbonyl (C=O) groups excluding carboxylic acids is 1. The average Bonchev–Trinajstić information content (AvgIpc) is 2.55. The first kappa shape index (κ1) is 17.2. The Morgan fingerprint density at radius 3 is 2.38 bits per heavy atom. The highest BCUT2D eigenvalue weighted by molar-refractivity contribution is 5.82. The van der Waals surface area contributed by atoms with E-state index in [1.165, 1.54) is 18.2 Å². The van der Waals surface area contributed by atoms with E-state index in [-0.39, 0.29) is 17.4 Å². The third-order valence-corrected chi connectivity index (χ3v) is 3.39. The molecular formula is C18H16N2O4. The number of ether oxygens (including phenoxy) is 1. The molecule has 0 N–H and O–H groups in total. The summed E-state index contributed by atoms with van der Waals surface area (Å²) in [6.07, 6.45) is -0.294. The molecule has 6 heteroatoms. The molecule has 122 valence electrons. The van der Waals surface area contributed by atoms with Crippen LogP contribution < -0.4 is 0 Å². The van der Waals surface area contributed by atoms with E-state index in [0.29, 0.717) is 11.1 Å². The maximum absolute atomic E-state index is 12.5. The molecule has 0 aliphatic rings. The lowest BCUT2D eigenvalue weighted by Gasteiger charge is -2.19. The summed E-state index contributed by atoms with van der Waals surface area (Å²) in [6, 6.07) is 14.9. The first-order chi connectivity index (χ1) is 11.4. The van der Waals surface area contributed by atoms with E-state index in [1.54, 1.807) is 38.1 Å². The van der Waals surface area contributed by atoms with Gasteiger partial charge in [0.15, 0.2) is 0 Å². The Morgan fingerprint density at radius 1 is 1.17 bits per heavy atom. The van der Waals surface area contributed by atoms with E-state index < -0.39 is 16.8 Å². The van der Waals surface area contributed by atoms with E-state index >= 15 is 0 Å². The van der Waals surface area contributed by atoms with E-state index in [1.807, 2.05) is 12.1 Å². The van der Waals surface area contributed by atoms with Crippen molar-refractivity contribution >= 4 is 11.7 Å². The summed E-state index contributed by atoms with van der Waals surface area (Å²) >= 11 is 0. The molecule has 0 aromatic heterocycles. The van der Waals surface area contributed by atoms with E-state index in [9.17, 15) is 14.9 Å². The average molecular weight is 324 g/mol. The van der Waals surface area contributed by atoms with Gasteiger partial charge in [0.25, 0.3) is 5.69 Å². The van der Waals surface area contributed by atoms with Crippen molar-refractivity contribution in [1.29, 1.82) is 5.26 Å². The molecule has 6 nitrogen and oxygen atoms in total. The quantitative estimate of drug-likeness (QED) is 0.476. The first-order valence-electron chi connectivity index (χ1n) is 7.38. The SMILES string of the molecule is CC(C)OC(=O)C(c1ccccc1)c1ccc([N+](=O)[O-])c(C#N)c1. The summed E-state index contributed by atoms with van der Waals surface area (Å²) in [6.45, 7) is 3.49. The van der Waals surface area contributed by atoms with Crippen LogP contribution in [-0.2, 0) is 9.53 Å². The Balaban J connectivity index is 2.54. The third-order valence-electron chi connectivity index (χ3n) is 3.39. The summed E-state index contributed by atoms with van der Waals surface area (Å²) in [5.41, 5.74) is 0.802. The molecule has 0 radical (unpaired) electrons. The van der Waals surface area contributed by atoms with Crippen molar-refractivity contribution in [2.24, 2.45) is 0 Å². The van der Waals surface area contributed by atoms with Crippen molar-refractivity contribution in [3.8, 4) is 6.07 Å². The molecule has 0 saturated heterocycles. The second-order valence-corrected chi connectivity index (χ2v) is 5.47. The van der Waals surface area contributed by atoms with Crippen LogP contribution in [-0.4, -0.2) is 17.0 Å². The molecule has 0 aliphatic carbocycles. The zero-order valence-corrected chi connectivity index (χ0v) is 13.3. The summed E-state index contributed by atoms with van der Waals surface area (Å²) in [4.78, 5) is 22.9. The number of nitro groups is 1. The summed E-state index contributed by atoms with van der Waals surface area (Å²) < 4.78 is 5.32. The minimum Gasteiger partial charge on any atom is -0.462 e. The van der Waals surface area contributed by atoms with Gasteiger partial charge >= 0.3 is 5.97 Å². The Kier molecular flexibility index (Phi) is 5.27. The minimum atomic E-state index is -0.749. The van der Waals surface area contributed by atoms with Gasteiger partial charge in [-0.3, -0.25) is 14.9 Å². The van der Waals surface area contributed by atoms with Gasteiger partial charge in [-0.2, -0.15) is 5.26 Å². The highest BCUT2D eigenvalue weighted by atomic mass is 16.6. The van der Waals surface area contributed by atoms with Crippen molar-refractivity contribution in [3.05, 3.63) is 75.3 Å². The van der Waals surface area contributed by atoms with Crippen LogP contribution >= 0.6 is 0 Å². The fourth-order valence-corrected chi connectivity index (χ4v) is 2.39. The summed E-state index contributed by atoms with van der Waals surface area (Å²) in [5.74, 6) is -1.21. The van der Waals surface area contributed by atoms with E-state index in [2.05, 4.69) is 0 Å². The van der Waals surface area contributed by atoms with Gasteiger partial charge in [0.05, 0.1) is 11.0 Å². The lowest BCUT2D eigenvalue weighted by Crippen LogP contribution is -2.21. The summed E-state index contributed by atoms with van der Waals surface area (Å²) in [5, 5.41) is 20.1. The number of carbonyl (C=O) groups is 1. The highest BCUT2D eigenvalue weighted by Gasteiger charge is 2.27. The van der Waals surface area contributed by atoms with Crippen LogP contribution in [0.2, 0.25) is 0 Å². The molecule has 0 heterocycles. The number of esters is 1. The van der Waals surface area contributed by atoms with E-state index in [4.69, 9.17) is 10.00 Å². The van der Waals surface area contributed by atoms with Gasteiger partial charge in [-0.15, -0.1) is 0 Å². The van der Waals surface area contributed by atoms with Gasteiger partial charge in [-0.05, 0) is 31.0 Å². The zero-order valence-electron chi connectivity index (χ0n) is 13.3. The Bertz CT molecular complexity index is 794. The Labute approximate surface area is 139 Å². The second kappa shape index (κ2) is 7.38. The van der Waals surface area contributed by atoms with Crippen LogP contribution in [0.4, 0.5) is 5.69 Å². The number of nitrogens with zero attached hydrogens (tertiary/aromatic N) is 2. The fourth-order valence-electron chi connectivity index (χ4n) is 2.39. The normalized spacial score (nSPS) is 11.6. The van der Waals surface area contributed by atoms with Crippen molar-refractivity contribution < 1.29 is 14.5 Å². The van der Waals surface area contributed by atoms with Crippen molar-refractivity contribution in [1.82, 2.24) is 0 Å². The fraction of sp³-hybridized carbons (Fsp3) is 0.222. The Hall–Kier alpha value is -3.20. The van der Waals surface area contributed by atoms with Gasteiger partial charge in [-0.25, -0.2) is 0 Å². The second-order valence-electron chi connectivity index (χ2n) is 5.47. The molecule has 0 spiro atoms. The van der Waals surface area contributed by atoms with Gasteiger partial charge in [0.2, 0.25) is 0 Å². The van der Waals surface area contributed by atoms with Crippen LogP contribution in [0.15, 0.2) is 48.5 Å². The van der Waals surface area contributed by atoms with Gasteiger partial charge in [-0.1, -0.05) is 36.4 Å².